The molecule has 2 heterocycles. The van der Waals surface area contributed by atoms with Crippen LogP contribution in [0.1, 0.15) is 16.8 Å². The predicted octanol–water partition coefficient (Wildman–Crippen LogP) is 4.13. The molecule has 0 radical (unpaired) electrons. The molecule has 3 aromatic rings. The number of halogens is 1. The highest BCUT2D eigenvalue weighted by Gasteiger charge is 2.17. The van der Waals surface area contributed by atoms with Gasteiger partial charge in [-0.15, -0.1) is 0 Å². The maximum Gasteiger partial charge on any atom is 0.270 e. The molecule has 5 nitrogen and oxygen atoms in total. The molecule has 0 aliphatic heterocycles. The van der Waals surface area contributed by atoms with Crippen LogP contribution in [0.15, 0.2) is 21.1 Å². The number of aryl methyl sites for hydroxylation is 3. The summed E-state index contributed by atoms with van der Waals surface area (Å²) in [6.07, 6.45) is 0. The van der Waals surface area contributed by atoms with Gasteiger partial charge in [0.15, 0.2) is 5.13 Å². The first-order valence-electron chi connectivity index (χ1n) is 6.30. The van der Waals surface area contributed by atoms with Crippen LogP contribution in [0, 0.1) is 20.8 Å². The fourth-order valence-corrected chi connectivity index (χ4v) is 3.11. The number of nitrogen functional groups attached to an aromatic ring is 1. The molecule has 7 heteroatoms. The highest BCUT2D eigenvalue weighted by Crippen LogP contribution is 2.32. The minimum absolute atomic E-state index is 0.454. The van der Waals surface area contributed by atoms with Gasteiger partial charge in [-0.1, -0.05) is 32.4 Å². The third-order valence-electron chi connectivity index (χ3n) is 3.13. The van der Waals surface area contributed by atoms with Crippen molar-refractivity contribution in [2.24, 2.45) is 0 Å². The minimum Gasteiger partial charge on any atom is -0.375 e. The van der Waals surface area contributed by atoms with Crippen LogP contribution in [0.25, 0.3) is 22.2 Å². The van der Waals surface area contributed by atoms with E-state index >= 15 is 0 Å². The van der Waals surface area contributed by atoms with E-state index in [1.807, 2.05) is 32.9 Å². The Kier molecular flexibility index (Phi) is 3.54. The Bertz CT molecular complexity index is 801. The first-order chi connectivity index (χ1) is 9.95. The fraction of sp³-hybridized carbons (Fsp3) is 0.214. The second-order valence-electron chi connectivity index (χ2n) is 4.81. The lowest BCUT2D eigenvalue weighted by Crippen LogP contribution is -1.87. The SMILES string of the molecule is Cc1cc(-c2noc(-c3sc(N)nc3C)n2)cc(C)c1Br. The third-order valence-corrected chi connectivity index (χ3v) is 5.35. The Labute approximate surface area is 134 Å². The maximum atomic E-state index is 5.70. The van der Waals surface area contributed by atoms with Gasteiger partial charge in [-0.05, 0) is 44.0 Å². The Morgan fingerprint density at radius 3 is 2.38 bits per heavy atom. The second kappa shape index (κ2) is 5.23. The van der Waals surface area contributed by atoms with E-state index in [0.717, 1.165) is 31.7 Å². The van der Waals surface area contributed by atoms with Gasteiger partial charge < -0.3 is 10.3 Å². The number of thiazole rings is 1. The molecule has 2 aromatic heterocycles. The van der Waals surface area contributed by atoms with Gasteiger partial charge in [-0.3, -0.25) is 0 Å². The highest BCUT2D eigenvalue weighted by molar-refractivity contribution is 9.10. The molecule has 0 amide bonds. The van der Waals surface area contributed by atoms with E-state index in [2.05, 4.69) is 31.1 Å². The van der Waals surface area contributed by atoms with Crippen molar-refractivity contribution in [2.45, 2.75) is 20.8 Å². The van der Waals surface area contributed by atoms with Crippen LogP contribution in [-0.4, -0.2) is 15.1 Å². The van der Waals surface area contributed by atoms with E-state index in [1.54, 1.807) is 0 Å². The van der Waals surface area contributed by atoms with Gasteiger partial charge in [0.05, 0.1) is 5.69 Å². The van der Waals surface area contributed by atoms with Crippen LogP contribution in [-0.2, 0) is 0 Å². The average Bonchev–Trinajstić information content (AvgIpc) is 3.02. The quantitative estimate of drug-likeness (QED) is 0.739. The van der Waals surface area contributed by atoms with Crippen LogP contribution < -0.4 is 5.73 Å². The first-order valence-corrected chi connectivity index (χ1v) is 7.90. The van der Waals surface area contributed by atoms with Crippen LogP contribution in [0.5, 0.6) is 0 Å². The zero-order chi connectivity index (χ0) is 15.1. The summed E-state index contributed by atoms with van der Waals surface area (Å²) in [5.41, 5.74) is 9.70. The number of benzene rings is 1. The standard InChI is InChI=1S/C14H13BrN4OS/c1-6-4-9(5-7(2)10(6)15)12-18-13(20-19-12)11-8(3)17-14(16)21-11/h4-5H,1-3H3,(H2,16,17). The number of rotatable bonds is 2. The van der Waals surface area contributed by atoms with Crippen LogP contribution in [0.4, 0.5) is 5.13 Å². The number of aromatic nitrogens is 3. The van der Waals surface area contributed by atoms with Crippen LogP contribution >= 0.6 is 27.3 Å². The van der Waals surface area contributed by atoms with E-state index in [1.165, 1.54) is 11.3 Å². The van der Waals surface area contributed by atoms with E-state index in [0.29, 0.717) is 16.8 Å². The molecule has 0 saturated carbocycles. The lowest BCUT2D eigenvalue weighted by atomic mass is 10.1. The highest BCUT2D eigenvalue weighted by atomic mass is 79.9. The number of anilines is 1. The first kappa shape index (κ1) is 14.2. The smallest absolute Gasteiger partial charge is 0.270 e. The summed E-state index contributed by atoms with van der Waals surface area (Å²) in [6.45, 7) is 5.95. The molecule has 108 valence electrons. The molecule has 0 fully saturated rings. The molecule has 0 bridgehead atoms. The van der Waals surface area contributed by atoms with Crippen LogP contribution in [0.3, 0.4) is 0 Å². The summed E-state index contributed by atoms with van der Waals surface area (Å²) < 4.78 is 6.45. The number of hydrogen-bond acceptors (Lipinski definition) is 6. The summed E-state index contributed by atoms with van der Waals surface area (Å²) in [7, 11) is 0. The second-order valence-corrected chi connectivity index (χ2v) is 6.64. The van der Waals surface area contributed by atoms with Gasteiger partial charge in [-0.2, -0.15) is 4.98 Å². The lowest BCUT2D eigenvalue weighted by molar-refractivity contribution is 0.433. The van der Waals surface area contributed by atoms with Gasteiger partial charge in [-0.25, -0.2) is 4.98 Å². The Morgan fingerprint density at radius 2 is 1.81 bits per heavy atom. The lowest BCUT2D eigenvalue weighted by Gasteiger charge is -2.04. The molecule has 0 aliphatic carbocycles. The molecule has 0 saturated heterocycles. The zero-order valence-corrected chi connectivity index (χ0v) is 14.2. The predicted molar refractivity (Wildman–Crippen MR) is 87.2 cm³/mol. The summed E-state index contributed by atoms with van der Waals surface area (Å²) in [4.78, 5) is 9.45. The molecule has 0 atom stereocenters. The molecule has 0 unspecified atom stereocenters. The van der Waals surface area contributed by atoms with Crippen molar-refractivity contribution in [3.05, 3.63) is 33.4 Å². The monoisotopic (exact) mass is 364 g/mol. The van der Waals surface area contributed by atoms with Crippen molar-refractivity contribution in [2.75, 3.05) is 5.73 Å². The van der Waals surface area contributed by atoms with Crippen LogP contribution in [0.2, 0.25) is 0 Å². The van der Waals surface area contributed by atoms with Crippen molar-refractivity contribution in [1.29, 1.82) is 0 Å². The van der Waals surface area contributed by atoms with Gasteiger partial charge in [0.25, 0.3) is 5.89 Å². The van der Waals surface area contributed by atoms with E-state index < -0.39 is 0 Å². The normalized spacial score (nSPS) is 11.0. The largest absolute Gasteiger partial charge is 0.375 e. The molecular formula is C14H13BrN4OS. The van der Waals surface area contributed by atoms with E-state index in [9.17, 15) is 0 Å². The van der Waals surface area contributed by atoms with E-state index in [4.69, 9.17) is 10.3 Å². The molecule has 0 aliphatic rings. The summed E-state index contributed by atoms with van der Waals surface area (Å²) in [5, 5.41) is 4.56. The van der Waals surface area contributed by atoms with Crippen molar-refractivity contribution in [1.82, 2.24) is 15.1 Å². The molecule has 3 rings (SSSR count). The minimum atomic E-state index is 0.454. The Balaban J connectivity index is 2.04. The Morgan fingerprint density at radius 1 is 1.14 bits per heavy atom. The number of nitrogens with zero attached hydrogens (tertiary/aromatic N) is 3. The Hall–Kier alpha value is -1.73. The molecule has 21 heavy (non-hydrogen) atoms. The van der Waals surface area contributed by atoms with Crippen molar-refractivity contribution < 1.29 is 4.52 Å². The molecular weight excluding hydrogens is 352 g/mol. The van der Waals surface area contributed by atoms with Crippen molar-refractivity contribution in [3.8, 4) is 22.2 Å². The summed E-state index contributed by atoms with van der Waals surface area (Å²) in [6, 6.07) is 4.05. The number of hydrogen-bond donors (Lipinski definition) is 1. The molecule has 2 N–H and O–H groups in total. The zero-order valence-electron chi connectivity index (χ0n) is 11.8. The van der Waals surface area contributed by atoms with Gasteiger partial charge in [0.2, 0.25) is 5.82 Å². The molecule has 0 spiro atoms. The van der Waals surface area contributed by atoms with Gasteiger partial charge in [0, 0.05) is 10.0 Å². The summed E-state index contributed by atoms with van der Waals surface area (Å²) >= 11 is 4.90. The molecule has 1 aromatic carbocycles. The van der Waals surface area contributed by atoms with Crippen molar-refractivity contribution in [3.63, 3.8) is 0 Å². The average molecular weight is 365 g/mol. The fourth-order valence-electron chi connectivity index (χ4n) is 2.12. The van der Waals surface area contributed by atoms with Crippen molar-refractivity contribution >= 4 is 32.4 Å². The third kappa shape index (κ3) is 2.58. The van der Waals surface area contributed by atoms with Gasteiger partial charge >= 0.3 is 0 Å². The van der Waals surface area contributed by atoms with Gasteiger partial charge in [0.1, 0.15) is 4.88 Å². The van der Waals surface area contributed by atoms with E-state index in [-0.39, 0.29) is 0 Å². The maximum absolute atomic E-state index is 5.70. The number of nitrogens with two attached hydrogens (primary N) is 1. The summed E-state index contributed by atoms with van der Waals surface area (Å²) in [5.74, 6) is 1.02. The topological polar surface area (TPSA) is 77.8 Å².